The maximum atomic E-state index is 12.8. The fourth-order valence-electron chi connectivity index (χ4n) is 4.04. The molecule has 0 bridgehead atoms. The van der Waals surface area contributed by atoms with Crippen LogP contribution in [0.4, 0.5) is 0 Å². The molecule has 0 N–H and O–H groups in total. The van der Waals surface area contributed by atoms with E-state index >= 15 is 0 Å². The Bertz CT molecular complexity index is 759. The lowest BCUT2D eigenvalue weighted by molar-refractivity contribution is 0.0680. The smallest absolute Gasteiger partial charge is 0.255 e. The van der Waals surface area contributed by atoms with Crippen molar-refractivity contribution in [3.05, 3.63) is 47.0 Å². The molecule has 1 aliphatic heterocycles. The van der Waals surface area contributed by atoms with Crippen LogP contribution in [0.5, 0.6) is 0 Å². The first-order valence-corrected chi connectivity index (χ1v) is 9.45. The van der Waals surface area contributed by atoms with Crippen LogP contribution in [-0.2, 0) is 19.4 Å². The summed E-state index contributed by atoms with van der Waals surface area (Å²) in [5.41, 5.74) is 4.44. The molecule has 0 saturated carbocycles. The number of carbonyl (C=O) groups is 1. The summed E-state index contributed by atoms with van der Waals surface area (Å²) in [5.74, 6) is 0.749. The zero-order valence-corrected chi connectivity index (χ0v) is 14.9. The Morgan fingerprint density at radius 1 is 1.20 bits per heavy atom. The van der Waals surface area contributed by atoms with E-state index in [1.807, 2.05) is 15.8 Å². The second kappa shape index (κ2) is 6.98. The van der Waals surface area contributed by atoms with Crippen LogP contribution in [0.3, 0.4) is 0 Å². The van der Waals surface area contributed by atoms with Gasteiger partial charge < -0.3 is 4.90 Å². The minimum absolute atomic E-state index is 0.147. The number of rotatable bonds is 3. The summed E-state index contributed by atoms with van der Waals surface area (Å²) >= 11 is 0. The number of piperidine rings is 1. The summed E-state index contributed by atoms with van der Waals surface area (Å²) in [6, 6.07) is 2.09. The Hall–Kier alpha value is -2.17. The number of carbonyl (C=O) groups excluding carboxylic acids is 1. The number of nitrogens with zero attached hydrogens (tertiary/aromatic N) is 4. The minimum atomic E-state index is 0.147. The Morgan fingerprint density at radius 2 is 2.00 bits per heavy atom. The van der Waals surface area contributed by atoms with Gasteiger partial charge in [0, 0.05) is 37.7 Å². The molecule has 0 radical (unpaired) electrons. The summed E-state index contributed by atoms with van der Waals surface area (Å²) in [4.78, 5) is 19.4. The third kappa shape index (κ3) is 3.60. The molecule has 132 valence electrons. The monoisotopic (exact) mass is 338 g/mol. The number of amides is 1. The average molecular weight is 338 g/mol. The van der Waals surface area contributed by atoms with Gasteiger partial charge in [0.15, 0.2) is 0 Å². The van der Waals surface area contributed by atoms with Gasteiger partial charge in [-0.2, -0.15) is 5.10 Å². The molecule has 2 aromatic heterocycles. The first kappa shape index (κ1) is 16.3. The molecule has 5 nitrogen and oxygen atoms in total. The standard InChI is InChI=1S/C20H26N4O/c1-15-11-22-24(13-15)14-16-6-8-23(9-7-16)20(25)18-10-17-4-2-3-5-19(17)21-12-18/h10-13,16H,2-9,14H2,1H3. The maximum absolute atomic E-state index is 12.8. The zero-order chi connectivity index (χ0) is 17.2. The van der Waals surface area contributed by atoms with E-state index in [-0.39, 0.29) is 5.91 Å². The molecule has 1 fully saturated rings. The Labute approximate surface area is 149 Å². The van der Waals surface area contributed by atoms with E-state index in [0.717, 1.165) is 50.9 Å². The summed E-state index contributed by atoms with van der Waals surface area (Å²) in [7, 11) is 0. The van der Waals surface area contributed by atoms with Gasteiger partial charge in [-0.05, 0) is 68.6 Å². The van der Waals surface area contributed by atoms with Crippen LogP contribution in [0.15, 0.2) is 24.7 Å². The number of likely N-dealkylation sites (tertiary alicyclic amines) is 1. The Balaban J connectivity index is 1.36. The van der Waals surface area contributed by atoms with E-state index in [1.165, 1.54) is 29.7 Å². The molecule has 2 aliphatic rings. The number of aryl methyl sites for hydroxylation is 3. The van der Waals surface area contributed by atoms with Crippen LogP contribution in [0.25, 0.3) is 0 Å². The maximum Gasteiger partial charge on any atom is 0.255 e. The molecular weight excluding hydrogens is 312 g/mol. The highest BCUT2D eigenvalue weighted by atomic mass is 16.2. The van der Waals surface area contributed by atoms with Crippen LogP contribution in [-0.4, -0.2) is 38.7 Å². The molecule has 1 saturated heterocycles. The molecule has 25 heavy (non-hydrogen) atoms. The van der Waals surface area contributed by atoms with Crippen LogP contribution in [0.2, 0.25) is 0 Å². The van der Waals surface area contributed by atoms with Gasteiger partial charge in [-0.3, -0.25) is 14.5 Å². The van der Waals surface area contributed by atoms with Crippen molar-refractivity contribution in [3.63, 3.8) is 0 Å². The van der Waals surface area contributed by atoms with Crippen molar-refractivity contribution >= 4 is 5.91 Å². The van der Waals surface area contributed by atoms with E-state index in [0.29, 0.717) is 5.92 Å². The lowest BCUT2D eigenvalue weighted by Crippen LogP contribution is -2.39. The highest BCUT2D eigenvalue weighted by Crippen LogP contribution is 2.23. The molecular formula is C20H26N4O. The van der Waals surface area contributed by atoms with E-state index in [1.54, 1.807) is 6.20 Å². The van der Waals surface area contributed by atoms with Gasteiger partial charge in [0.05, 0.1) is 11.8 Å². The van der Waals surface area contributed by atoms with Crippen molar-refractivity contribution in [2.75, 3.05) is 13.1 Å². The van der Waals surface area contributed by atoms with Crippen molar-refractivity contribution in [3.8, 4) is 0 Å². The lowest BCUT2D eigenvalue weighted by Gasteiger charge is -2.32. The fraction of sp³-hybridized carbons (Fsp3) is 0.550. The predicted molar refractivity (Wildman–Crippen MR) is 96.5 cm³/mol. The van der Waals surface area contributed by atoms with Gasteiger partial charge in [-0.25, -0.2) is 0 Å². The summed E-state index contributed by atoms with van der Waals surface area (Å²) in [6.45, 7) is 4.69. The molecule has 0 aromatic carbocycles. The highest BCUT2D eigenvalue weighted by Gasteiger charge is 2.25. The second-order valence-electron chi connectivity index (χ2n) is 7.51. The molecule has 3 heterocycles. The van der Waals surface area contributed by atoms with Crippen molar-refractivity contribution in [2.45, 2.75) is 52.0 Å². The van der Waals surface area contributed by atoms with E-state index < -0.39 is 0 Å². The Kier molecular flexibility index (Phi) is 4.55. The molecule has 1 amide bonds. The Morgan fingerprint density at radius 3 is 2.76 bits per heavy atom. The summed E-state index contributed by atoms with van der Waals surface area (Å²) < 4.78 is 2.03. The van der Waals surface area contributed by atoms with Crippen molar-refractivity contribution in [1.29, 1.82) is 0 Å². The summed E-state index contributed by atoms with van der Waals surface area (Å²) in [6.07, 6.45) is 12.4. The van der Waals surface area contributed by atoms with E-state index in [9.17, 15) is 4.79 Å². The SMILES string of the molecule is Cc1cnn(CC2CCN(C(=O)c3cnc4c(c3)CCCC4)CC2)c1. The quantitative estimate of drug-likeness (QED) is 0.864. The van der Waals surface area contributed by atoms with Gasteiger partial charge in [0.25, 0.3) is 5.91 Å². The molecule has 0 unspecified atom stereocenters. The number of hydrogen-bond acceptors (Lipinski definition) is 3. The van der Waals surface area contributed by atoms with Gasteiger partial charge in [0.1, 0.15) is 0 Å². The fourth-order valence-corrected chi connectivity index (χ4v) is 4.04. The van der Waals surface area contributed by atoms with Gasteiger partial charge >= 0.3 is 0 Å². The van der Waals surface area contributed by atoms with Crippen LogP contribution in [0.1, 0.15) is 52.9 Å². The van der Waals surface area contributed by atoms with Gasteiger partial charge in [0.2, 0.25) is 0 Å². The number of hydrogen-bond donors (Lipinski definition) is 0. The number of fused-ring (bicyclic) bond motifs is 1. The molecule has 2 aromatic rings. The van der Waals surface area contributed by atoms with E-state index in [4.69, 9.17) is 0 Å². The van der Waals surface area contributed by atoms with Gasteiger partial charge in [-0.15, -0.1) is 0 Å². The molecule has 0 spiro atoms. The second-order valence-corrected chi connectivity index (χ2v) is 7.51. The molecule has 4 rings (SSSR count). The highest BCUT2D eigenvalue weighted by molar-refractivity contribution is 5.94. The average Bonchev–Trinajstić information content (AvgIpc) is 3.06. The van der Waals surface area contributed by atoms with Crippen LogP contribution >= 0.6 is 0 Å². The van der Waals surface area contributed by atoms with Gasteiger partial charge in [-0.1, -0.05) is 0 Å². The van der Waals surface area contributed by atoms with Crippen molar-refractivity contribution in [2.24, 2.45) is 5.92 Å². The lowest BCUT2D eigenvalue weighted by atomic mass is 9.94. The molecule has 5 heteroatoms. The van der Waals surface area contributed by atoms with E-state index in [2.05, 4.69) is 29.3 Å². The largest absolute Gasteiger partial charge is 0.339 e. The van der Waals surface area contributed by atoms with Crippen LogP contribution < -0.4 is 0 Å². The number of aromatic nitrogens is 3. The first-order chi connectivity index (χ1) is 12.2. The third-order valence-corrected chi connectivity index (χ3v) is 5.53. The zero-order valence-electron chi connectivity index (χ0n) is 14.9. The van der Waals surface area contributed by atoms with Crippen LogP contribution in [0, 0.1) is 12.8 Å². The minimum Gasteiger partial charge on any atom is -0.339 e. The molecule has 1 aliphatic carbocycles. The normalized spacial score (nSPS) is 18.2. The first-order valence-electron chi connectivity index (χ1n) is 9.45. The topological polar surface area (TPSA) is 51.0 Å². The van der Waals surface area contributed by atoms with Crippen molar-refractivity contribution in [1.82, 2.24) is 19.7 Å². The third-order valence-electron chi connectivity index (χ3n) is 5.53. The predicted octanol–water partition coefficient (Wildman–Crippen LogP) is 3.02. The van der Waals surface area contributed by atoms with Crippen molar-refractivity contribution < 1.29 is 4.79 Å². The summed E-state index contributed by atoms with van der Waals surface area (Å²) in [5, 5.41) is 4.38. The number of pyridine rings is 1. The molecule has 0 atom stereocenters.